The van der Waals surface area contributed by atoms with Crippen molar-refractivity contribution in [2.75, 3.05) is 20.8 Å². The number of carbonyl (C=O) groups is 2. The molecular weight excluding hydrogens is 290 g/mol. The lowest BCUT2D eigenvalue weighted by atomic mass is 10.1. The molecule has 1 aromatic rings. The quantitative estimate of drug-likeness (QED) is 0.755. The van der Waals surface area contributed by atoms with Crippen LogP contribution in [0.25, 0.3) is 0 Å². The van der Waals surface area contributed by atoms with E-state index in [4.69, 9.17) is 4.74 Å². The van der Waals surface area contributed by atoms with E-state index in [-0.39, 0.29) is 30.4 Å². The van der Waals surface area contributed by atoms with Crippen LogP contribution in [0.5, 0.6) is 0 Å². The summed E-state index contributed by atoms with van der Waals surface area (Å²) in [6, 6.07) is 3.98. The zero-order chi connectivity index (χ0) is 15.2. The van der Waals surface area contributed by atoms with E-state index in [1.165, 1.54) is 19.1 Å². The fourth-order valence-corrected chi connectivity index (χ4v) is 3.74. The van der Waals surface area contributed by atoms with Gasteiger partial charge in [-0.2, -0.15) is 0 Å². The fraction of sp³-hybridized carbons (Fsp3) is 0.600. The van der Waals surface area contributed by atoms with Gasteiger partial charge < -0.3 is 9.47 Å². The molecule has 21 heavy (non-hydrogen) atoms. The van der Waals surface area contributed by atoms with Crippen LogP contribution < -0.4 is 0 Å². The summed E-state index contributed by atoms with van der Waals surface area (Å²) >= 11 is 1.70. The van der Waals surface area contributed by atoms with E-state index in [9.17, 15) is 9.59 Å². The summed E-state index contributed by atoms with van der Waals surface area (Å²) in [6.45, 7) is 0.851. The Hall–Kier alpha value is -1.40. The van der Waals surface area contributed by atoms with Crippen LogP contribution >= 0.6 is 11.3 Å². The van der Waals surface area contributed by atoms with E-state index >= 15 is 0 Å². The molecular formula is C15H21NO4S. The van der Waals surface area contributed by atoms with Crippen molar-refractivity contribution in [3.8, 4) is 0 Å². The van der Waals surface area contributed by atoms with Crippen LogP contribution in [0, 0.1) is 0 Å². The molecule has 5 nitrogen and oxygen atoms in total. The van der Waals surface area contributed by atoms with Crippen LogP contribution in [0.4, 0.5) is 0 Å². The van der Waals surface area contributed by atoms with Gasteiger partial charge in [-0.3, -0.25) is 14.5 Å². The molecule has 0 saturated carbocycles. The third-order valence-corrected chi connectivity index (χ3v) is 4.86. The lowest BCUT2D eigenvalue weighted by Gasteiger charge is -2.30. The first-order chi connectivity index (χ1) is 10.2. The van der Waals surface area contributed by atoms with E-state index in [1.54, 1.807) is 11.3 Å². The van der Waals surface area contributed by atoms with Gasteiger partial charge in [0.05, 0.1) is 14.2 Å². The normalized spacial score (nSPS) is 20.2. The van der Waals surface area contributed by atoms with Gasteiger partial charge in [-0.15, -0.1) is 11.3 Å². The molecule has 2 heterocycles. The molecule has 6 heteroatoms. The number of carbonyl (C=O) groups excluding carboxylic acids is 2. The van der Waals surface area contributed by atoms with Crippen molar-refractivity contribution >= 4 is 23.3 Å². The number of ether oxygens (including phenoxy) is 2. The molecule has 1 aromatic heterocycles. The number of rotatable bonds is 6. The largest absolute Gasteiger partial charge is 0.469 e. The van der Waals surface area contributed by atoms with Crippen molar-refractivity contribution in [1.29, 1.82) is 0 Å². The standard InChI is InChI=1S/C15H21NO4S/c1-19-14(17)8-7-12(15(18)20-2)16-9-3-5-11(16)13-6-4-10-21-13/h4,6,10-12H,3,5,7-9H2,1-2H3. The van der Waals surface area contributed by atoms with E-state index in [0.717, 1.165) is 19.4 Å². The first kappa shape index (κ1) is 16.0. The Morgan fingerprint density at radius 2 is 2.24 bits per heavy atom. The number of nitrogens with zero attached hydrogens (tertiary/aromatic N) is 1. The van der Waals surface area contributed by atoms with Crippen molar-refractivity contribution in [2.24, 2.45) is 0 Å². The highest BCUT2D eigenvalue weighted by Crippen LogP contribution is 2.37. The number of esters is 2. The fourth-order valence-electron chi connectivity index (χ4n) is 2.86. The monoisotopic (exact) mass is 311 g/mol. The van der Waals surface area contributed by atoms with Gasteiger partial charge in [-0.25, -0.2) is 0 Å². The van der Waals surface area contributed by atoms with E-state index in [2.05, 4.69) is 15.7 Å². The number of methoxy groups -OCH3 is 2. The van der Waals surface area contributed by atoms with Gasteiger partial charge in [0.1, 0.15) is 6.04 Å². The summed E-state index contributed by atoms with van der Waals surface area (Å²) in [4.78, 5) is 26.9. The van der Waals surface area contributed by atoms with Crippen molar-refractivity contribution in [1.82, 2.24) is 4.90 Å². The molecule has 0 bridgehead atoms. The van der Waals surface area contributed by atoms with Crippen LogP contribution in [0.1, 0.15) is 36.6 Å². The molecule has 1 saturated heterocycles. The molecule has 0 spiro atoms. The predicted octanol–water partition coefficient (Wildman–Crippen LogP) is 2.38. The highest BCUT2D eigenvalue weighted by molar-refractivity contribution is 7.10. The van der Waals surface area contributed by atoms with Gasteiger partial charge in [0, 0.05) is 17.3 Å². The van der Waals surface area contributed by atoms with Crippen molar-refractivity contribution in [3.05, 3.63) is 22.4 Å². The van der Waals surface area contributed by atoms with Crippen molar-refractivity contribution < 1.29 is 19.1 Å². The molecule has 0 N–H and O–H groups in total. The molecule has 1 fully saturated rings. The Labute approximate surface area is 128 Å². The Balaban J connectivity index is 2.11. The second-order valence-corrected chi connectivity index (χ2v) is 6.04. The van der Waals surface area contributed by atoms with Crippen LogP contribution in [0.3, 0.4) is 0 Å². The summed E-state index contributed by atoms with van der Waals surface area (Å²) in [5.74, 6) is -0.571. The Morgan fingerprint density at radius 1 is 1.43 bits per heavy atom. The van der Waals surface area contributed by atoms with Crippen LogP contribution in [-0.4, -0.2) is 43.6 Å². The maximum atomic E-state index is 12.1. The Morgan fingerprint density at radius 3 is 2.86 bits per heavy atom. The third-order valence-electron chi connectivity index (χ3n) is 3.89. The minimum atomic E-state index is -0.385. The van der Waals surface area contributed by atoms with Gasteiger partial charge in [0.2, 0.25) is 0 Å². The van der Waals surface area contributed by atoms with Gasteiger partial charge in [-0.05, 0) is 37.3 Å². The van der Waals surface area contributed by atoms with Crippen molar-refractivity contribution in [3.63, 3.8) is 0 Å². The second-order valence-electron chi connectivity index (χ2n) is 5.07. The molecule has 0 amide bonds. The van der Waals surface area contributed by atoms with Gasteiger partial charge in [0.15, 0.2) is 0 Å². The smallest absolute Gasteiger partial charge is 0.323 e. The van der Waals surface area contributed by atoms with Crippen LogP contribution in [-0.2, 0) is 19.1 Å². The first-order valence-corrected chi connectivity index (χ1v) is 7.99. The minimum Gasteiger partial charge on any atom is -0.469 e. The van der Waals surface area contributed by atoms with Gasteiger partial charge in [-0.1, -0.05) is 6.07 Å². The SMILES string of the molecule is COC(=O)CCC(C(=O)OC)N1CCCC1c1cccs1. The van der Waals surface area contributed by atoms with Gasteiger partial charge in [0.25, 0.3) is 0 Å². The zero-order valence-corrected chi connectivity index (χ0v) is 13.2. The Kier molecular flexibility index (Phi) is 5.76. The molecule has 116 valence electrons. The van der Waals surface area contributed by atoms with Gasteiger partial charge >= 0.3 is 11.9 Å². The average Bonchev–Trinajstić information content (AvgIpc) is 3.17. The second kappa shape index (κ2) is 7.56. The minimum absolute atomic E-state index is 0.226. The molecule has 2 atom stereocenters. The lowest BCUT2D eigenvalue weighted by molar-refractivity contribution is -0.148. The van der Waals surface area contributed by atoms with Crippen LogP contribution in [0.2, 0.25) is 0 Å². The highest BCUT2D eigenvalue weighted by atomic mass is 32.1. The predicted molar refractivity (Wildman–Crippen MR) is 80.1 cm³/mol. The highest BCUT2D eigenvalue weighted by Gasteiger charge is 2.36. The molecule has 0 aromatic carbocycles. The lowest BCUT2D eigenvalue weighted by Crippen LogP contribution is -2.41. The zero-order valence-electron chi connectivity index (χ0n) is 12.4. The summed E-state index contributed by atoms with van der Waals surface area (Å²) in [6.07, 6.45) is 2.74. The summed E-state index contributed by atoms with van der Waals surface area (Å²) in [7, 11) is 2.75. The third kappa shape index (κ3) is 3.83. The first-order valence-electron chi connectivity index (χ1n) is 7.11. The summed E-state index contributed by atoms with van der Waals surface area (Å²) < 4.78 is 9.60. The number of hydrogen-bond acceptors (Lipinski definition) is 6. The number of likely N-dealkylation sites (tertiary alicyclic amines) is 1. The molecule has 2 rings (SSSR count). The maximum absolute atomic E-state index is 12.1. The summed E-state index contributed by atoms with van der Waals surface area (Å²) in [5, 5.41) is 2.05. The van der Waals surface area contributed by atoms with E-state index in [1.807, 2.05) is 11.4 Å². The Bertz CT molecular complexity index is 474. The van der Waals surface area contributed by atoms with E-state index < -0.39 is 0 Å². The molecule has 2 unspecified atom stereocenters. The molecule has 0 radical (unpaired) electrons. The molecule has 1 aliphatic heterocycles. The average molecular weight is 311 g/mol. The number of hydrogen-bond donors (Lipinski definition) is 0. The van der Waals surface area contributed by atoms with Crippen LogP contribution in [0.15, 0.2) is 17.5 Å². The maximum Gasteiger partial charge on any atom is 0.323 e. The topological polar surface area (TPSA) is 55.8 Å². The van der Waals surface area contributed by atoms with Crippen molar-refractivity contribution in [2.45, 2.75) is 37.8 Å². The summed E-state index contributed by atoms with van der Waals surface area (Å²) in [5.41, 5.74) is 0. The van der Waals surface area contributed by atoms with E-state index in [0.29, 0.717) is 6.42 Å². The molecule has 0 aliphatic carbocycles. The number of thiophene rings is 1. The molecule has 1 aliphatic rings.